The summed E-state index contributed by atoms with van der Waals surface area (Å²) in [7, 11) is 0. The number of allylic oxidation sites excluding steroid dienone is 4. The number of hydrogen-bond acceptors (Lipinski definition) is 5. The van der Waals surface area contributed by atoms with Crippen molar-refractivity contribution in [2.45, 2.75) is 270 Å². The van der Waals surface area contributed by atoms with Crippen LogP contribution < -0.4 is 5.32 Å². The number of nitrogens with one attached hydrogen (secondary N) is 1. The van der Waals surface area contributed by atoms with E-state index in [2.05, 4.69) is 50.4 Å². The van der Waals surface area contributed by atoms with Crippen LogP contribution in [0.5, 0.6) is 0 Å². The van der Waals surface area contributed by atoms with Crippen LogP contribution >= 0.6 is 0 Å². The van der Waals surface area contributed by atoms with Crippen LogP contribution in [0.25, 0.3) is 0 Å². The molecule has 324 valence electrons. The van der Waals surface area contributed by atoms with Gasteiger partial charge >= 0.3 is 5.97 Å². The van der Waals surface area contributed by atoms with Gasteiger partial charge in [0, 0.05) is 6.42 Å². The van der Waals surface area contributed by atoms with Crippen LogP contribution in [-0.2, 0) is 14.3 Å². The van der Waals surface area contributed by atoms with Crippen molar-refractivity contribution < 1.29 is 24.5 Å². The number of carbonyl (C=O) groups is 2. The van der Waals surface area contributed by atoms with Crippen molar-refractivity contribution in [1.82, 2.24) is 5.32 Å². The molecule has 0 fully saturated rings. The Kier molecular flexibility index (Phi) is 42.2. The highest BCUT2D eigenvalue weighted by molar-refractivity contribution is 5.77. The molecule has 0 aromatic rings. The average Bonchev–Trinajstić information content (AvgIpc) is 3.18. The summed E-state index contributed by atoms with van der Waals surface area (Å²) in [5.74, 6) is -0.498. The molecule has 0 spiro atoms. The molecular weight excluding hydrogens is 683 g/mol. The van der Waals surface area contributed by atoms with Crippen LogP contribution in [0.4, 0.5) is 0 Å². The molecule has 55 heavy (non-hydrogen) atoms. The molecule has 0 aliphatic heterocycles. The number of unbranched alkanes of at least 4 members (excludes halogenated alkanes) is 27. The van der Waals surface area contributed by atoms with E-state index < -0.39 is 18.2 Å². The molecule has 0 heterocycles. The number of rotatable bonds is 43. The largest absolute Gasteiger partial charge is 0.462 e. The van der Waals surface area contributed by atoms with Crippen LogP contribution in [0.15, 0.2) is 24.3 Å². The predicted octanol–water partition coefficient (Wildman–Crippen LogP) is 14.0. The molecule has 1 amide bonds. The lowest BCUT2D eigenvalue weighted by molar-refractivity contribution is -0.151. The van der Waals surface area contributed by atoms with Crippen LogP contribution in [0.2, 0.25) is 0 Å². The first kappa shape index (κ1) is 53.3. The van der Waals surface area contributed by atoms with Gasteiger partial charge in [-0.2, -0.15) is 0 Å². The fourth-order valence-electron chi connectivity index (χ4n) is 7.30. The van der Waals surface area contributed by atoms with E-state index >= 15 is 0 Å². The van der Waals surface area contributed by atoms with E-state index in [1.165, 1.54) is 128 Å². The number of ether oxygens (including phenoxy) is 1. The second-order valence-corrected chi connectivity index (χ2v) is 16.5. The molecule has 0 aromatic heterocycles. The van der Waals surface area contributed by atoms with E-state index in [0.717, 1.165) is 77.0 Å². The van der Waals surface area contributed by atoms with Crippen LogP contribution in [-0.4, -0.2) is 46.9 Å². The van der Waals surface area contributed by atoms with E-state index in [1.807, 2.05) is 0 Å². The van der Waals surface area contributed by atoms with Gasteiger partial charge in [0.25, 0.3) is 0 Å². The smallest absolute Gasteiger partial charge is 0.306 e. The minimum Gasteiger partial charge on any atom is -0.462 e. The van der Waals surface area contributed by atoms with Gasteiger partial charge < -0.3 is 20.3 Å². The van der Waals surface area contributed by atoms with Gasteiger partial charge in [-0.3, -0.25) is 9.59 Å². The van der Waals surface area contributed by atoms with E-state index in [4.69, 9.17) is 4.74 Å². The van der Waals surface area contributed by atoms with Crippen molar-refractivity contribution in [3.8, 4) is 0 Å². The van der Waals surface area contributed by atoms with Crippen molar-refractivity contribution >= 4 is 11.9 Å². The second kappa shape index (κ2) is 43.5. The fourth-order valence-corrected chi connectivity index (χ4v) is 7.30. The zero-order chi connectivity index (χ0) is 40.3. The van der Waals surface area contributed by atoms with Gasteiger partial charge in [0.2, 0.25) is 5.91 Å². The number of hydrogen-bond donors (Lipinski definition) is 3. The van der Waals surface area contributed by atoms with Crippen LogP contribution in [0, 0.1) is 0 Å². The molecule has 3 atom stereocenters. The summed E-state index contributed by atoms with van der Waals surface area (Å²) < 4.78 is 5.87. The number of aliphatic hydroxyl groups is 2. The highest BCUT2D eigenvalue weighted by Crippen LogP contribution is 2.17. The third-order valence-corrected chi connectivity index (χ3v) is 11.0. The Morgan fingerprint density at radius 1 is 0.509 bits per heavy atom. The minimum absolute atomic E-state index is 0.0660. The molecular formula is C49H93NO5. The molecule has 0 rings (SSSR count). The molecule has 0 aliphatic rings. The van der Waals surface area contributed by atoms with E-state index in [-0.39, 0.29) is 24.9 Å². The van der Waals surface area contributed by atoms with Gasteiger partial charge in [-0.15, -0.1) is 0 Å². The lowest BCUT2D eigenvalue weighted by Gasteiger charge is -2.24. The molecule has 6 heteroatoms. The maximum absolute atomic E-state index is 13.1. The van der Waals surface area contributed by atoms with Crippen molar-refractivity contribution in [2.75, 3.05) is 6.61 Å². The maximum atomic E-state index is 13.1. The summed E-state index contributed by atoms with van der Waals surface area (Å²) in [6.07, 6.45) is 48.2. The second-order valence-electron chi connectivity index (χ2n) is 16.5. The molecule has 0 saturated carbocycles. The minimum atomic E-state index is -0.788. The summed E-state index contributed by atoms with van der Waals surface area (Å²) in [4.78, 5) is 25.9. The monoisotopic (exact) mass is 776 g/mol. The zero-order valence-electron chi connectivity index (χ0n) is 36.8. The summed E-state index contributed by atoms with van der Waals surface area (Å²) in [5, 5.41) is 23.7. The first-order valence-corrected chi connectivity index (χ1v) is 24.1. The Hall–Kier alpha value is -1.66. The summed E-state index contributed by atoms with van der Waals surface area (Å²) >= 11 is 0. The average molecular weight is 776 g/mol. The lowest BCUT2D eigenvalue weighted by atomic mass is 10.0. The summed E-state index contributed by atoms with van der Waals surface area (Å²) in [6.45, 7) is 6.38. The highest BCUT2D eigenvalue weighted by Gasteiger charge is 2.24. The summed E-state index contributed by atoms with van der Waals surface area (Å²) in [5.41, 5.74) is 0. The van der Waals surface area contributed by atoms with Crippen LogP contribution in [0.1, 0.15) is 252 Å². The Balaban J connectivity index is 4.41. The number of amides is 1. The first-order chi connectivity index (χ1) is 27.0. The predicted molar refractivity (Wildman–Crippen MR) is 236 cm³/mol. The van der Waals surface area contributed by atoms with Crippen molar-refractivity contribution in [3.63, 3.8) is 0 Å². The van der Waals surface area contributed by atoms with Gasteiger partial charge in [0.15, 0.2) is 0 Å². The third-order valence-electron chi connectivity index (χ3n) is 11.0. The molecule has 0 aromatic carbocycles. The lowest BCUT2D eigenvalue weighted by Crippen LogP contribution is -2.46. The van der Waals surface area contributed by atoms with Crippen LogP contribution in [0.3, 0.4) is 0 Å². The quantitative estimate of drug-likeness (QED) is 0.0326. The Labute approximate surface area is 341 Å². The number of aliphatic hydroxyl groups excluding tert-OH is 2. The Bertz CT molecular complexity index is 873. The molecule has 0 aliphatic carbocycles. The highest BCUT2D eigenvalue weighted by atomic mass is 16.5. The molecule has 0 radical (unpaired) electrons. The Morgan fingerprint density at radius 2 is 0.927 bits per heavy atom. The van der Waals surface area contributed by atoms with Gasteiger partial charge in [-0.25, -0.2) is 0 Å². The third kappa shape index (κ3) is 39.0. The molecule has 0 bridgehead atoms. The molecule has 3 unspecified atom stereocenters. The van der Waals surface area contributed by atoms with Gasteiger partial charge in [-0.1, -0.05) is 199 Å². The standard InChI is InChI=1S/C49H93NO5/c1-4-7-10-13-16-19-21-22-23-24-25-26-27-29-32-35-38-41-47(52)46(44-51)50-48(53)43-45(40-37-34-31-28-18-15-12-9-6-3)55-49(54)42-39-36-33-30-20-17-14-11-8-5-2/h11,14-15,18,45-47,51-52H,4-10,12-13,16-17,19-44H2,1-3H3,(H,50,53)/b14-11-,18-15-. The fraction of sp³-hybridized carbons (Fsp3) is 0.878. The van der Waals surface area contributed by atoms with E-state index in [1.54, 1.807) is 0 Å². The van der Waals surface area contributed by atoms with Crippen molar-refractivity contribution in [2.24, 2.45) is 0 Å². The van der Waals surface area contributed by atoms with Gasteiger partial charge in [-0.05, 0) is 64.2 Å². The molecule has 6 nitrogen and oxygen atoms in total. The first-order valence-electron chi connectivity index (χ1n) is 24.1. The molecule has 0 saturated heterocycles. The molecule has 3 N–H and O–H groups in total. The number of carbonyl (C=O) groups excluding carboxylic acids is 2. The van der Waals surface area contributed by atoms with Crippen molar-refractivity contribution in [1.29, 1.82) is 0 Å². The Morgan fingerprint density at radius 3 is 1.44 bits per heavy atom. The number of esters is 1. The SMILES string of the molecule is CCC/C=C\CCCCCCCC(=O)OC(CCCCC/C=C\CCCC)CC(=O)NC(CO)C(O)CCCCCCCCCCCCCCCCCCC. The maximum Gasteiger partial charge on any atom is 0.306 e. The van der Waals surface area contributed by atoms with E-state index in [0.29, 0.717) is 19.3 Å². The van der Waals surface area contributed by atoms with Gasteiger partial charge in [0.1, 0.15) is 6.10 Å². The zero-order valence-corrected chi connectivity index (χ0v) is 36.8. The van der Waals surface area contributed by atoms with Crippen molar-refractivity contribution in [3.05, 3.63) is 24.3 Å². The summed E-state index contributed by atoms with van der Waals surface area (Å²) in [6, 6.07) is -0.702. The van der Waals surface area contributed by atoms with Gasteiger partial charge in [0.05, 0.1) is 25.2 Å². The normalized spacial score (nSPS) is 13.5. The topological polar surface area (TPSA) is 95.9 Å². The van der Waals surface area contributed by atoms with E-state index in [9.17, 15) is 19.8 Å².